The molecule has 0 unspecified atom stereocenters. The molecular weight excluding hydrogens is 667 g/mol. The highest BCUT2D eigenvalue weighted by molar-refractivity contribution is 6.04. The van der Waals surface area contributed by atoms with Gasteiger partial charge >= 0.3 is 0 Å². The molecule has 3 heteroatoms. The van der Waals surface area contributed by atoms with Crippen molar-refractivity contribution in [2.75, 3.05) is 0 Å². The second-order valence-corrected chi connectivity index (χ2v) is 14.8. The van der Waals surface area contributed by atoms with Gasteiger partial charge in [-0.3, -0.25) is 0 Å². The first-order chi connectivity index (χ1) is 27.0. The molecule has 0 N–H and O–H groups in total. The molecule has 0 saturated heterocycles. The number of hydrogen-bond donors (Lipinski definition) is 0. The highest BCUT2D eigenvalue weighted by Crippen LogP contribution is 2.50. The Hall–Kier alpha value is -6.97. The molecule has 55 heavy (non-hydrogen) atoms. The molecule has 0 saturated carbocycles. The number of benzene rings is 8. The SMILES string of the molecule is CC1(C)c2ccccc2-c2ccc(-c3ccc(-c4nc(-c5ccc(-c6ccccc6)cc5)nc(-c5ccc(-c6ccccc6)cc5)n4)c4ccccc34)cc21. The highest BCUT2D eigenvalue weighted by atomic mass is 15.0. The van der Waals surface area contributed by atoms with Crippen molar-refractivity contribution in [1.29, 1.82) is 0 Å². The summed E-state index contributed by atoms with van der Waals surface area (Å²) in [7, 11) is 0. The average Bonchev–Trinajstić information content (AvgIpc) is 3.49. The summed E-state index contributed by atoms with van der Waals surface area (Å²) in [6.07, 6.45) is 0. The van der Waals surface area contributed by atoms with Gasteiger partial charge in [-0.15, -0.1) is 0 Å². The van der Waals surface area contributed by atoms with Crippen LogP contribution in [0.3, 0.4) is 0 Å². The third-order valence-electron chi connectivity index (χ3n) is 11.2. The highest BCUT2D eigenvalue weighted by Gasteiger charge is 2.35. The van der Waals surface area contributed by atoms with E-state index in [1.165, 1.54) is 44.5 Å². The lowest BCUT2D eigenvalue weighted by Crippen LogP contribution is -2.14. The third-order valence-corrected chi connectivity index (χ3v) is 11.2. The molecule has 1 aliphatic carbocycles. The zero-order valence-corrected chi connectivity index (χ0v) is 30.7. The minimum absolute atomic E-state index is 0.0754. The van der Waals surface area contributed by atoms with Gasteiger partial charge in [-0.25, -0.2) is 15.0 Å². The fourth-order valence-corrected chi connectivity index (χ4v) is 8.26. The zero-order valence-electron chi connectivity index (χ0n) is 30.7. The van der Waals surface area contributed by atoms with E-state index in [9.17, 15) is 0 Å². The van der Waals surface area contributed by atoms with Crippen molar-refractivity contribution in [3.8, 4) is 78.7 Å². The van der Waals surface area contributed by atoms with Crippen LogP contribution in [-0.4, -0.2) is 15.0 Å². The quantitative estimate of drug-likeness (QED) is 0.173. The number of aromatic nitrogens is 3. The maximum atomic E-state index is 5.19. The summed E-state index contributed by atoms with van der Waals surface area (Å²) in [6.45, 7) is 4.67. The molecule has 260 valence electrons. The third kappa shape index (κ3) is 5.73. The number of nitrogens with zero attached hydrogens (tertiary/aromatic N) is 3. The average molecular weight is 704 g/mol. The van der Waals surface area contributed by atoms with E-state index in [-0.39, 0.29) is 5.41 Å². The predicted molar refractivity (Wildman–Crippen MR) is 228 cm³/mol. The summed E-state index contributed by atoms with van der Waals surface area (Å²) in [6, 6.07) is 66.7. The van der Waals surface area contributed by atoms with Gasteiger partial charge in [0.2, 0.25) is 0 Å². The summed E-state index contributed by atoms with van der Waals surface area (Å²) in [5.74, 6) is 1.92. The lowest BCUT2D eigenvalue weighted by Gasteiger charge is -2.22. The molecule has 0 spiro atoms. The summed E-state index contributed by atoms with van der Waals surface area (Å²) in [4.78, 5) is 15.5. The first kappa shape index (κ1) is 32.7. The molecule has 1 aliphatic rings. The zero-order chi connectivity index (χ0) is 36.9. The number of hydrogen-bond acceptors (Lipinski definition) is 3. The Kier molecular flexibility index (Phi) is 7.81. The van der Waals surface area contributed by atoms with Crippen molar-refractivity contribution in [2.24, 2.45) is 0 Å². The first-order valence-electron chi connectivity index (χ1n) is 18.9. The molecule has 0 fully saturated rings. The minimum Gasteiger partial charge on any atom is -0.208 e. The molecule has 3 nitrogen and oxygen atoms in total. The molecule has 0 radical (unpaired) electrons. The summed E-state index contributed by atoms with van der Waals surface area (Å²) in [5, 5.41) is 2.27. The second-order valence-electron chi connectivity index (χ2n) is 14.8. The maximum Gasteiger partial charge on any atom is 0.164 e. The van der Waals surface area contributed by atoms with Crippen LogP contribution in [0.25, 0.3) is 89.4 Å². The molecular formula is C52H37N3. The van der Waals surface area contributed by atoms with Crippen molar-refractivity contribution >= 4 is 10.8 Å². The van der Waals surface area contributed by atoms with Gasteiger partial charge in [-0.1, -0.05) is 190 Å². The van der Waals surface area contributed by atoms with Crippen LogP contribution < -0.4 is 0 Å². The normalized spacial score (nSPS) is 12.7. The topological polar surface area (TPSA) is 38.7 Å². The molecule has 10 rings (SSSR count). The van der Waals surface area contributed by atoms with Gasteiger partial charge < -0.3 is 0 Å². The summed E-state index contributed by atoms with van der Waals surface area (Å²) in [5.41, 5.74) is 15.2. The molecule has 1 aromatic heterocycles. The van der Waals surface area contributed by atoms with Gasteiger partial charge in [0.25, 0.3) is 0 Å². The number of fused-ring (bicyclic) bond motifs is 4. The van der Waals surface area contributed by atoms with Crippen LogP contribution in [0.4, 0.5) is 0 Å². The van der Waals surface area contributed by atoms with E-state index in [0.29, 0.717) is 17.5 Å². The Morgan fingerprint density at radius 1 is 0.291 bits per heavy atom. The number of rotatable bonds is 6. The van der Waals surface area contributed by atoms with Crippen molar-refractivity contribution < 1.29 is 0 Å². The Morgan fingerprint density at radius 2 is 0.691 bits per heavy atom. The van der Waals surface area contributed by atoms with Gasteiger partial charge in [0.05, 0.1) is 0 Å². The molecule has 0 bridgehead atoms. The van der Waals surface area contributed by atoms with E-state index in [0.717, 1.165) is 38.6 Å². The molecule has 0 aliphatic heterocycles. The van der Waals surface area contributed by atoms with Gasteiger partial charge in [-0.05, 0) is 78.5 Å². The van der Waals surface area contributed by atoms with E-state index in [2.05, 4.69) is 190 Å². The van der Waals surface area contributed by atoms with Crippen LogP contribution >= 0.6 is 0 Å². The van der Waals surface area contributed by atoms with Crippen molar-refractivity contribution in [3.05, 3.63) is 199 Å². The van der Waals surface area contributed by atoms with E-state index >= 15 is 0 Å². The first-order valence-corrected chi connectivity index (χ1v) is 18.9. The Labute approximate surface area is 321 Å². The molecule has 0 atom stereocenters. The minimum atomic E-state index is -0.0754. The van der Waals surface area contributed by atoms with Crippen molar-refractivity contribution in [2.45, 2.75) is 19.3 Å². The van der Waals surface area contributed by atoms with E-state index in [4.69, 9.17) is 15.0 Å². The van der Waals surface area contributed by atoms with Crippen LogP contribution in [0, 0.1) is 0 Å². The lowest BCUT2D eigenvalue weighted by atomic mass is 9.81. The van der Waals surface area contributed by atoms with Crippen molar-refractivity contribution in [1.82, 2.24) is 15.0 Å². The fourth-order valence-electron chi connectivity index (χ4n) is 8.26. The van der Waals surface area contributed by atoms with Crippen LogP contribution in [0.2, 0.25) is 0 Å². The Balaban J connectivity index is 1.10. The van der Waals surface area contributed by atoms with Gasteiger partial charge in [-0.2, -0.15) is 0 Å². The Bertz CT molecular complexity index is 2760. The monoisotopic (exact) mass is 703 g/mol. The standard InChI is InChI=1S/C52H37N3/c1-52(2)47-20-12-11-19-44(47)45-30-29-40(33-48(45)52)41-31-32-46(43-18-10-9-17-42(41)43)51-54-49(38-25-21-36(22-26-38)34-13-5-3-6-14-34)53-50(55-51)39-27-23-37(24-28-39)35-15-7-4-8-16-35/h3-33H,1-2H3. The van der Waals surface area contributed by atoms with Crippen LogP contribution in [-0.2, 0) is 5.41 Å². The van der Waals surface area contributed by atoms with E-state index in [1.54, 1.807) is 0 Å². The lowest BCUT2D eigenvalue weighted by molar-refractivity contribution is 0.660. The summed E-state index contributed by atoms with van der Waals surface area (Å²) >= 11 is 0. The Morgan fingerprint density at radius 3 is 1.29 bits per heavy atom. The predicted octanol–water partition coefficient (Wildman–Crippen LogP) is 13.3. The van der Waals surface area contributed by atoms with Crippen LogP contribution in [0.5, 0.6) is 0 Å². The fraction of sp³-hybridized carbons (Fsp3) is 0.0577. The van der Waals surface area contributed by atoms with Gasteiger partial charge in [0, 0.05) is 22.1 Å². The molecule has 1 heterocycles. The van der Waals surface area contributed by atoms with E-state index < -0.39 is 0 Å². The van der Waals surface area contributed by atoms with Crippen LogP contribution in [0.15, 0.2) is 188 Å². The largest absolute Gasteiger partial charge is 0.208 e. The maximum absolute atomic E-state index is 5.19. The van der Waals surface area contributed by atoms with Crippen LogP contribution in [0.1, 0.15) is 25.0 Å². The molecule has 8 aromatic carbocycles. The summed E-state index contributed by atoms with van der Waals surface area (Å²) < 4.78 is 0. The second kappa shape index (κ2) is 13.2. The van der Waals surface area contributed by atoms with E-state index in [1.807, 2.05) is 12.1 Å². The smallest absolute Gasteiger partial charge is 0.164 e. The van der Waals surface area contributed by atoms with Gasteiger partial charge in [0.15, 0.2) is 17.5 Å². The van der Waals surface area contributed by atoms with Gasteiger partial charge in [0.1, 0.15) is 0 Å². The molecule has 9 aromatic rings. The van der Waals surface area contributed by atoms with Crippen molar-refractivity contribution in [3.63, 3.8) is 0 Å². The molecule has 0 amide bonds.